The molecule has 1 unspecified atom stereocenters. The minimum Gasteiger partial charge on any atom is -0.311 e. The SMILES string of the molecule is CC(N[C@@H](C)CN=[N+]=[N-])C1CC1. The quantitative estimate of drug-likeness (QED) is 0.381. The molecule has 1 saturated carbocycles. The van der Waals surface area contributed by atoms with E-state index >= 15 is 0 Å². The first-order chi connectivity index (χ1) is 5.74. The third-order valence-electron chi connectivity index (χ3n) is 2.30. The van der Waals surface area contributed by atoms with Crippen molar-refractivity contribution >= 4 is 0 Å². The second kappa shape index (κ2) is 4.33. The molecule has 1 aliphatic rings. The average molecular weight is 168 g/mol. The fourth-order valence-electron chi connectivity index (χ4n) is 1.39. The molecule has 0 amide bonds. The van der Waals surface area contributed by atoms with Gasteiger partial charge in [0, 0.05) is 23.5 Å². The van der Waals surface area contributed by atoms with Gasteiger partial charge < -0.3 is 5.32 Å². The number of rotatable bonds is 5. The molecule has 1 aliphatic carbocycles. The molecule has 0 spiro atoms. The molecule has 68 valence electrons. The van der Waals surface area contributed by atoms with Gasteiger partial charge >= 0.3 is 0 Å². The van der Waals surface area contributed by atoms with Crippen molar-refractivity contribution < 1.29 is 0 Å². The van der Waals surface area contributed by atoms with Crippen molar-refractivity contribution in [2.75, 3.05) is 6.54 Å². The van der Waals surface area contributed by atoms with E-state index in [0.717, 1.165) is 5.92 Å². The molecule has 0 aromatic rings. The Hall–Kier alpha value is -0.730. The number of nitrogens with one attached hydrogen (secondary N) is 1. The topological polar surface area (TPSA) is 60.8 Å². The summed E-state index contributed by atoms with van der Waals surface area (Å²) in [5.74, 6) is 0.860. The Bertz CT molecular complexity index is 181. The zero-order chi connectivity index (χ0) is 8.97. The smallest absolute Gasteiger partial charge is 0.0409 e. The molecule has 0 radical (unpaired) electrons. The lowest BCUT2D eigenvalue weighted by molar-refractivity contribution is 0.436. The second-order valence-electron chi connectivity index (χ2n) is 3.61. The van der Waals surface area contributed by atoms with Crippen LogP contribution in [-0.2, 0) is 0 Å². The van der Waals surface area contributed by atoms with Crippen molar-refractivity contribution in [3.63, 3.8) is 0 Å². The maximum Gasteiger partial charge on any atom is 0.0409 e. The Morgan fingerprint density at radius 2 is 2.25 bits per heavy atom. The maximum absolute atomic E-state index is 8.10. The van der Waals surface area contributed by atoms with E-state index in [4.69, 9.17) is 5.53 Å². The van der Waals surface area contributed by atoms with Gasteiger partial charge in [-0.1, -0.05) is 5.11 Å². The van der Waals surface area contributed by atoms with Crippen LogP contribution in [0.4, 0.5) is 0 Å². The zero-order valence-electron chi connectivity index (χ0n) is 7.70. The summed E-state index contributed by atoms with van der Waals surface area (Å²) in [5, 5.41) is 6.93. The van der Waals surface area contributed by atoms with Crippen LogP contribution in [0, 0.1) is 5.92 Å². The molecule has 1 rings (SSSR count). The molecule has 0 heterocycles. The number of hydrogen-bond donors (Lipinski definition) is 1. The van der Waals surface area contributed by atoms with E-state index in [9.17, 15) is 0 Å². The predicted molar refractivity (Wildman–Crippen MR) is 48.8 cm³/mol. The van der Waals surface area contributed by atoms with Crippen molar-refractivity contribution in [1.82, 2.24) is 5.32 Å². The van der Waals surface area contributed by atoms with E-state index in [0.29, 0.717) is 18.6 Å². The van der Waals surface area contributed by atoms with E-state index in [-0.39, 0.29) is 0 Å². The Morgan fingerprint density at radius 1 is 1.58 bits per heavy atom. The van der Waals surface area contributed by atoms with E-state index < -0.39 is 0 Å². The van der Waals surface area contributed by atoms with Crippen molar-refractivity contribution in [3.05, 3.63) is 10.4 Å². The Morgan fingerprint density at radius 3 is 2.75 bits per heavy atom. The second-order valence-corrected chi connectivity index (χ2v) is 3.61. The van der Waals surface area contributed by atoms with Gasteiger partial charge in [0.1, 0.15) is 0 Å². The summed E-state index contributed by atoms with van der Waals surface area (Å²) in [6.07, 6.45) is 2.70. The van der Waals surface area contributed by atoms with Gasteiger partial charge in [0.05, 0.1) is 0 Å². The largest absolute Gasteiger partial charge is 0.311 e. The summed E-state index contributed by atoms with van der Waals surface area (Å²) in [7, 11) is 0. The summed E-state index contributed by atoms with van der Waals surface area (Å²) in [6, 6.07) is 0.880. The molecule has 2 atom stereocenters. The van der Waals surface area contributed by atoms with E-state index in [1.807, 2.05) is 6.92 Å². The molecule has 1 N–H and O–H groups in total. The van der Waals surface area contributed by atoms with Crippen LogP contribution in [0.15, 0.2) is 5.11 Å². The van der Waals surface area contributed by atoms with Crippen LogP contribution in [0.5, 0.6) is 0 Å². The standard InChI is InChI=1S/C8H16N4/c1-6(5-10-12-9)11-7(2)8-3-4-8/h6-8,11H,3-5H2,1-2H3/t6-,7?/m0/s1. The first kappa shape index (κ1) is 9.36. The van der Waals surface area contributed by atoms with Crippen LogP contribution in [0.25, 0.3) is 10.4 Å². The van der Waals surface area contributed by atoms with E-state index in [1.165, 1.54) is 12.8 Å². The summed E-state index contributed by atoms with van der Waals surface area (Å²) in [4.78, 5) is 2.73. The molecule has 0 aromatic carbocycles. The molecule has 4 heteroatoms. The summed E-state index contributed by atoms with van der Waals surface area (Å²) >= 11 is 0. The zero-order valence-corrected chi connectivity index (χ0v) is 7.70. The molecular formula is C8H16N4. The summed E-state index contributed by atoms with van der Waals surface area (Å²) in [6.45, 7) is 4.80. The van der Waals surface area contributed by atoms with Gasteiger partial charge in [-0.3, -0.25) is 0 Å². The van der Waals surface area contributed by atoms with Gasteiger partial charge in [-0.2, -0.15) is 0 Å². The van der Waals surface area contributed by atoms with Gasteiger partial charge in [0.25, 0.3) is 0 Å². The molecule has 1 fully saturated rings. The minimum atomic E-state index is 0.302. The number of hydrogen-bond acceptors (Lipinski definition) is 2. The number of nitrogens with zero attached hydrogens (tertiary/aromatic N) is 3. The summed E-state index contributed by atoms with van der Waals surface area (Å²) in [5.41, 5.74) is 8.10. The average Bonchev–Trinajstić information content (AvgIpc) is 2.82. The molecule has 4 nitrogen and oxygen atoms in total. The molecular weight excluding hydrogens is 152 g/mol. The first-order valence-electron chi connectivity index (χ1n) is 4.51. The van der Waals surface area contributed by atoms with Crippen molar-refractivity contribution in [2.24, 2.45) is 11.0 Å². The van der Waals surface area contributed by atoms with E-state index in [2.05, 4.69) is 22.3 Å². The van der Waals surface area contributed by atoms with Gasteiger partial charge in [-0.15, -0.1) is 0 Å². The number of azide groups is 1. The van der Waals surface area contributed by atoms with Crippen molar-refractivity contribution in [1.29, 1.82) is 0 Å². The fourth-order valence-corrected chi connectivity index (χ4v) is 1.39. The molecule has 0 aromatic heterocycles. The van der Waals surface area contributed by atoms with Gasteiger partial charge in [0.15, 0.2) is 0 Å². The lowest BCUT2D eigenvalue weighted by atomic mass is 10.2. The lowest BCUT2D eigenvalue weighted by Gasteiger charge is -2.17. The van der Waals surface area contributed by atoms with Gasteiger partial charge in [0.2, 0.25) is 0 Å². The van der Waals surface area contributed by atoms with Crippen LogP contribution in [0.2, 0.25) is 0 Å². The van der Waals surface area contributed by atoms with Crippen LogP contribution in [0.3, 0.4) is 0 Å². The Kier molecular flexibility index (Phi) is 3.38. The van der Waals surface area contributed by atoms with Crippen LogP contribution < -0.4 is 5.32 Å². The predicted octanol–water partition coefficient (Wildman–Crippen LogP) is 2.07. The monoisotopic (exact) mass is 168 g/mol. The molecule has 0 bridgehead atoms. The van der Waals surface area contributed by atoms with Crippen molar-refractivity contribution in [3.8, 4) is 0 Å². The van der Waals surface area contributed by atoms with Crippen LogP contribution >= 0.6 is 0 Å². The van der Waals surface area contributed by atoms with Crippen LogP contribution in [0.1, 0.15) is 26.7 Å². The maximum atomic E-state index is 8.10. The molecule has 0 saturated heterocycles. The molecule has 12 heavy (non-hydrogen) atoms. The van der Waals surface area contributed by atoms with Gasteiger partial charge in [-0.05, 0) is 38.1 Å². The molecule has 0 aliphatic heterocycles. The Labute approximate surface area is 73.0 Å². The summed E-state index contributed by atoms with van der Waals surface area (Å²) < 4.78 is 0. The first-order valence-corrected chi connectivity index (χ1v) is 4.51. The van der Waals surface area contributed by atoms with E-state index in [1.54, 1.807) is 0 Å². The third-order valence-corrected chi connectivity index (χ3v) is 2.30. The van der Waals surface area contributed by atoms with Crippen molar-refractivity contribution in [2.45, 2.75) is 38.8 Å². The minimum absolute atomic E-state index is 0.302. The lowest BCUT2D eigenvalue weighted by Crippen LogP contribution is -2.37. The third kappa shape index (κ3) is 3.11. The highest BCUT2D eigenvalue weighted by Gasteiger charge is 2.28. The fraction of sp³-hybridized carbons (Fsp3) is 1.00. The van der Waals surface area contributed by atoms with Gasteiger partial charge in [-0.25, -0.2) is 0 Å². The normalized spacial score (nSPS) is 21.2. The highest BCUT2D eigenvalue weighted by Crippen LogP contribution is 2.32. The Balaban J connectivity index is 2.14. The highest BCUT2D eigenvalue weighted by molar-refractivity contribution is 4.85. The highest BCUT2D eigenvalue weighted by atomic mass is 15.1. The van der Waals surface area contributed by atoms with Crippen LogP contribution in [-0.4, -0.2) is 18.6 Å².